The summed E-state index contributed by atoms with van der Waals surface area (Å²) in [6, 6.07) is 1.49. The number of amides is 1. The molecule has 3 rings (SSSR count). The summed E-state index contributed by atoms with van der Waals surface area (Å²) < 4.78 is 5.02. The lowest BCUT2D eigenvalue weighted by Crippen LogP contribution is -2.42. The van der Waals surface area contributed by atoms with Gasteiger partial charge in [-0.25, -0.2) is 4.79 Å². The zero-order valence-electron chi connectivity index (χ0n) is 14.3. The fourth-order valence-electron chi connectivity index (χ4n) is 3.46. The molecule has 1 aromatic rings. The molecule has 7 heteroatoms. The Labute approximate surface area is 146 Å². The number of hydrogen-bond donors (Lipinski definition) is 2. The van der Waals surface area contributed by atoms with Crippen LogP contribution in [-0.4, -0.2) is 57.9 Å². The van der Waals surface area contributed by atoms with Gasteiger partial charge in [-0.2, -0.15) is 0 Å². The number of ether oxygens (including phenoxy) is 1. The zero-order valence-corrected chi connectivity index (χ0v) is 14.3. The van der Waals surface area contributed by atoms with Crippen molar-refractivity contribution in [3.05, 3.63) is 23.5 Å². The summed E-state index contributed by atoms with van der Waals surface area (Å²) in [5, 5.41) is 10.3. The van der Waals surface area contributed by atoms with Gasteiger partial charge in [-0.3, -0.25) is 9.59 Å². The number of aromatic nitrogens is 1. The van der Waals surface area contributed by atoms with E-state index in [4.69, 9.17) is 4.74 Å². The Kier molecular flexibility index (Phi) is 5.22. The minimum absolute atomic E-state index is 0.120. The standard InChI is InChI=1S/C18H24N2O5/c21-15(12-25-17(23)18(24)6-2-1-3-7-18)13-10-14(19-11-13)16(22)20-8-4-5-9-20/h10-11,19,24H,1-9,12H2. The van der Waals surface area contributed by atoms with Crippen LogP contribution in [0, 0.1) is 0 Å². The molecule has 0 bridgehead atoms. The molecule has 136 valence electrons. The average Bonchev–Trinajstić information content (AvgIpc) is 3.31. The summed E-state index contributed by atoms with van der Waals surface area (Å²) >= 11 is 0. The molecule has 1 aliphatic heterocycles. The Morgan fingerprint density at radius 3 is 2.48 bits per heavy atom. The van der Waals surface area contributed by atoms with E-state index in [1.165, 1.54) is 12.3 Å². The molecule has 1 saturated heterocycles. The van der Waals surface area contributed by atoms with Crippen LogP contribution in [-0.2, 0) is 9.53 Å². The summed E-state index contributed by atoms with van der Waals surface area (Å²) in [5.41, 5.74) is -0.804. The van der Waals surface area contributed by atoms with Gasteiger partial charge in [-0.05, 0) is 44.6 Å². The number of aromatic amines is 1. The van der Waals surface area contributed by atoms with E-state index < -0.39 is 24.0 Å². The third-order valence-corrected chi connectivity index (χ3v) is 5.02. The van der Waals surface area contributed by atoms with Gasteiger partial charge in [0.15, 0.2) is 12.2 Å². The number of aliphatic hydroxyl groups is 1. The second-order valence-corrected chi connectivity index (χ2v) is 6.89. The number of Topliss-reactive ketones (excluding diaryl/α,β-unsaturated/α-hetero) is 1. The normalized spacial score (nSPS) is 19.6. The first kappa shape index (κ1) is 17.7. The molecule has 0 aromatic carbocycles. The van der Waals surface area contributed by atoms with Gasteiger partial charge in [0.1, 0.15) is 5.69 Å². The zero-order chi connectivity index (χ0) is 17.9. The molecule has 25 heavy (non-hydrogen) atoms. The second kappa shape index (κ2) is 7.39. The number of H-pyrrole nitrogens is 1. The number of nitrogens with zero attached hydrogens (tertiary/aromatic N) is 1. The SMILES string of the molecule is O=C(COC(=O)C1(O)CCCCC1)c1c[nH]c(C(=O)N2CCCC2)c1. The van der Waals surface area contributed by atoms with Crippen LogP contribution in [0.5, 0.6) is 0 Å². The minimum Gasteiger partial charge on any atom is -0.455 e. The predicted octanol–water partition coefficient (Wildman–Crippen LogP) is 1.67. The molecule has 2 N–H and O–H groups in total. The highest BCUT2D eigenvalue weighted by Crippen LogP contribution is 2.29. The highest BCUT2D eigenvalue weighted by molar-refractivity contribution is 6.01. The lowest BCUT2D eigenvalue weighted by atomic mass is 9.85. The highest BCUT2D eigenvalue weighted by atomic mass is 16.6. The van der Waals surface area contributed by atoms with Gasteiger partial charge in [0.2, 0.25) is 5.78 Å². The van der Waals surface area contributed by atoms with Crippen molar-refractivity contribution in [3.8, 4) is 0 Å². The number of carbonyl (C=O) groups excluding carboxylic acids is 3. The monoisotopic (exact) mass is 348 g/mol. The average molecular weight is 348 g/mol. The fourth-order valence-corrected chi connectivity index (χ4v) is 3.46. The third-order valence-electron chi connectivity index (χ3n) is 5.02. The van der Waals surface area contributed by atoms with Crippen LogP contribution in [0.25, 0.3) is 0 Å². The van der Waals surface area contributed by atoms with E-state index in [9.17, 15) is 19.5 Å². The quantitative estimate of drug-likeness (QED) is 0.623. The molecule has 7 nitrogen and oxygen atoms in total. The lowest BCUT2D eigenvalue weighted by molar-refractivity contribution is -0.167. The van der Waals surface area contributed by atoms with E-state index in [0.717, 1.165) is 45.2 Å². The number of rotatable bonds is 5. The molecule has 0 unspecified atom stereocenters. The van der Waals surface area contributed by atoms with Crippen LogP contribution >= 0.6 is 0 Å². The van der Waals surface area contributed by atoms with Crippen LogP contribution in [0.2, 0.25) is 0 Å². The van der Waals surface area contributed by atoms with Crippen LogP contribution < -0.4 is 0 Å². The van der Waals surface area contributed by atoms with Crippen molar-refractivity contribution in [2.24, 2.45) is 0 Å². The summed E-state index contributed by atoms with van der Waals surface area (Å²) in [4.78, 5) is 41.1. The van der Waals surface area contributed by atoms with Crippen LogP contribution in [0.1, 0.15) is 65.8 Å². The summed E-state index contributed by atoms with van der Waals surface area (Å²) in [6.45, 7) is 1.03. The minimum atomic E-state index is -1.46. The van der Waals surface area contributed by atoms with Gasteiger partial charge in [0.25, 0.3) is 5.91 Å². The number of hydrogen-bond acceptors (Lipinski definition) is 5. The lowest BCUT2D eigenvalue weighted by Gasteiger charge is -2.29. The molecule has 1 saturated carbocycles. The van der Waals surface area contributed by atoms with Gasteiger partial charge < -0.3 is 19.7 Å². The Hall–Kier alpha value is -2.15. The van der Waals surface area contributed by atoms with Gasteiger partial charge in [0, 0.05) is 24.8 Å². The van der Waals surface area contributed by atoms with Crippen LogP contribution in [0.3, 0.4) is 0 Å². The Morgan fingerprint density at radius 1 is 1.12 bits per heavy atom. The summed E-state index contributed by atoms with van der Waals surface area (Å²) in [7, 11) is 0. The van der Waals surface area contributed by atoms with E-state index in [0.29, 0.717) is 24.1 Å². The molecule has 1 aromatic heterocycles. The molecule has 2 aliphatic rings. The molecule has 0 spiro atoms. The molecule has 0 atom stereocenters. The van der Waals surface area contributed by atoms with Crippen LogP contribution in [0.4, 0.5) is 0 Å². The first-order valence-electron chi connectivity index (χ1n) is 8.90. The summed E-state index contributed by atoms with van der Waals surface area (Å²) in [6.07, 6.45) is 6.74. The predicted molar refractivity (Wildman–Crippen MR) is 89.3 cm³/mol. The molecule has 1 aliphatic carbocycles. The largest absolute Gasteiger partial charge is 0.455 e. The number of nitrogens with one attached hydrogen (secondary N) is 1. The van der Waals surface area contributed by atoms with Crippen molar-refractivity contribution in [2.45, 2.75) is 50.5 Å². The highest BCUT2D eigenvalue weighted by Gasteiger charge is 2.39. The second-order valence-electron chi connectivity index (χ2n) is 6.89. The number of esters is 1. The first-order valence-corrected chi connectivity index (χ1v) is 8.90. The Morgan fingerprint density at radius 2 is 1.80 bits per heavy atom. The van der Waals surface area contributed by atoms with Gasteiger partial charge in [-0.1, -0.05) is 6.42 Å². The van der Waals surface area contributed by atoms with E-state index in [-0.39, 0.29) is 5.91 Å². The van der Waals surface area contributed by atoms with E-state index in [2.05, 4.69) is 4.98 Å². The number of ketones is 1. The summed E-state index contributed by atoms with van der Waals surface area (Å²) in [5.74, 6) is -1.25. The van der Waals surface area contributed by atoms with Crippen molar-refractivity contribution in [2.75, 3.05) is 19.7 Å². The maximum Gasteiger partial charge on any atom is 0.338 e. The third kappa shape index (κ3) is 3.92. The van der Waals surface area contributed by atoms with Crippen molar-refractivity contribution in [3.63, 3.8) is 0 Å². The molecule has 0 radical (unpaired) electrons. The van der Waals surface area contributed by atoms with Crippen molar-refractivity contribution >= 4 is 17.7 Å². The van der Waals surface area contributed by atoms with Gasteiger partial charge in [0.05, 0.1) is 0 Å². The fraction of sp³-hybridized carbons (Fsp3) is 0.611. The molecule has 1 amide bonds. The van der Waals surface area contributed by atoms with E-state index >= 15 is 0 Å². The van der Waals surface area contributed by atoms with E-state index in [1.54, 1.807) is 4.90 Å². The smallest absolute Gasteiger partial charge is 0.338 e. The topological polar surface area (TPSA) is 99.7 Å². The van der Waals surface area contributed by atoms with Crippen molar-refractivity contribution in [1.82, 2.24) is 9.88 Å². The van der Waals surface area contributed by atoms with E-state index in [1.807, 2.05) is 0 Å². The number of likely N-dealkylation sites (tertiary alicyclic amines) is 1. The first-order chi connectivity index (χ1) is 12.0. The molecule has 2 heterocycles. The molecule has 2 fully saturated rings. The maximum absolute atomic E-state index is 12.3. The molecular weight excluding hydrogens is 324 g/mol. The Bertz CT molecular complexity index is 654. The maximum atomic E-state index is 12.3. The van der Waals surface area contributed by atoms with Crippen molar-refractivity contribution in [1.29, 1.82) is 0 Å². The van der Waals surface area contributed by atoms with Gasteiger partial charge >= 0.3 is 5.97 Å². The Balaban J connectivity index is 1.55. The van der Waals surface area contributed by atoms with Crippen LogP contribution in [0.15, 0.2) is 12.3 Å². The number of carbonyl (C=O) groups is 3. The van der Waals surface area contributed by atoms with Gasteiger partial charge in [-0.15, -0.1) is 0 Å². The van der Waals surface area contributed by atoms with Crippen molar-refractivity contribution < 1.29 is 24.2 Å². The molecular formula is C18H24N2O5.